The highest BCUT2D eigenvalue weighted by atomic mass is 19.4. The molecule has 3 N–H and O–H groups in total. The molecule has 0 fully saturated rings. The van der Waals surface area contributed by atoms with Crippen molar-refractivity contribution in [2.75, 3.05) is 24.6 Å². The van der Waals surface area contributed by atoms with Crippen molar-refractivity contribution < 1.29 is 18.3 Å². The van der Waals surface area contributed by atoms with E-state index in [-0.39, 0.29) is 19.7 Å². The van der Waals surface area contributed by atoms with Crippen LogP contribution in [-0.2, 0) is 6.54 Å². The quantitative estimate of drug-likeness (QED) is 0.851. The summed E-state index contributed by atoms with van der Waals surface area (Å²) in [5, 5.41) is 8.89. The van der Waals surface area contributed by atoms with Crippen LogP contribution in [0.2, 0.25) is 0 Å². The van der Waals surface area contributed by atoms with Gasteiger partial charge in [-0.05, 0) is 24.1 Å². The van der Waals surface area contributed by atoms with Crippen LogP contribution in [0.4, 0.5) is 18.9 Å². The Hall–Kier alpha value is -1.27. The number of nitrogens with zero attached hydrogens (tertiary/aromatic N) is 1. The van der Waals surface area contributed by atoms with E-state index in [1.165, 1.54) is 0 Å². The molecule has 0 unspecified atom stereocenters. The first kappa shape index (κ1) is 14.8. The third-order valence-electron chi connectivity index (χ3n) is 2.54. The number of benzene rings is 1. The maximum Gasteiger partial charge on any atom is 0.405 e. The Kier molecular flexibility index (Phi) is 4.98. The van der Waals surface area contributed by atoms with Crippen LogP contribution >= 0.6 is 0 Å². The number of nitrogens with two attached hydrogens (primary N) is 1. The lowest BCUT2D eigenvalue weighted by molar-refractivity contribution is -0.119. The highest BCUT2D eigenvalue weighted by molar-refractivity contribution is 5.55. The lowest BCUT2D eigenvalue weighted by Crippen LogP contribution is -2.37. The number of anilines is 1. The van der Waals surface area contributed by atoms with E-state index in [9.17, 15) is 13.2 Å². The molecule has 3 nitrogen and oxygen atoms in total. The fourth-order valence-electron chi connectivity index (χ4n) is 1.76. The van der Waals surface area contributed by atoms with Gasteiger partial charge in [0.15, 0.2) is 0 Å². The lowest BCUT2D eigenvalue weighted by Gasteiger charge is -2.27. The van der Waals surface area contributed by atoms with E-state index in [2.05, 4.69) is 0 Å². The molecule has 1 aromatic rings. The van der Waals surface area contributed by atoms with Gasteiger partial charge in [-0.3, -0.25) is 0 Å². The smallest absolute Gasteiger partial charge is 0.395 e. The van der Waals surface area contributed by atoms with Crippen molar-refractivity contribution in [2.45, 2.75) is 19.6 Å². The van der Waals surface area contributed by atoms with E-state index in [0.717, 1.165) is 10.5 Å². The Morgan fingerprint density at radius 2 is 2.00 bits per heavy atom. The summed E-state index contributed by atoms with van der Waals surface area (Å²) in [4.78, 5) is 1.11. The van der Waals surface area contributed by atoms with Gasteiger partial charge in [0.25, 0.3) is 0 Å². The highest BCUT2D eigenvalue weighted by Crippen LogP contribution is 2.26. The zero-order valence-electron chi connectivity index (χ0n) is 10.2. The zero-order chi connectivity index (χ0) is 13.8. The van der Waals surface area contributed by atoms with Gasteiger partial charge in [0.1, 0.15) is 6.54 Å². The molecule has 0 aliphatic heterocycles. The van der Waals surface area contributed by atoms with Gasteiger partial charge in [-0.2, -0.15) is 13.2 Å². The summed E-state index contributed by atoms with van der Waals surface area (Å²) in [5.41, 5.74) is 7.45. The summed E-state index contributed by atoms with van der Waals surface area (Å²) >= 11 is 0. The van der Waals surface area contributed by atoms with Crippen molar-refractivity contribution in [2.24, 2.45) is 5.73 Å². The molecule has 0 amide bonds. The fraction of sp³-hybridized carbons (Fsp3) is 0.500. The summed E-state index contributed by atoms with van der Waals surface area (Å²) < 4.78 is 37.5. The topological polar surface area (TPSA) is 49.5 Å². The van der Waals surface area contributed by atoms with Crippen molar-refractivity contribution in [1.82, 2.24) is 0 Å². The Bertz CT molecular complexity index is 393. The number of alkyl halides is 3. The third kappa shape index (κ3) is 4.19. The first-order chi connectivity index (χ1) is 8.37. The standard InChI is InChI=1S/C12H17F3N2O/c1-9-2-3-10(7-16)11(6-9)17(4-5-18)8-12(13,14)15/h2-3,6,18H,4-5,7-8,16H2,1H3. The molecule has 0 bridgehead atoms. The van der Waals surface area contributed by atoms with Crippen LogP contribution in [0.1, 0.15) is 11.1 Å². The molecule has 0 aromatic heterocycles. The largest absolute Gasteiger partial charge is 0.405 e. The number of hydrogen-bond donors (Lipinski definition) is 2. The molecule has 0 saturated carbocycles. The van der Waals surface area contributed by atoms with Crippen LogP contribution in [0.25, 0.3) is 0 Å². The van der Waals surface area contributed by atoms with Gasteiger partial charge in [-0.1, -0.05) is 12.1 Å². The fourth-order valence-corrected chi connectivity index (χ4v) is 1.76. The normalized spacial score (nSPS) is 11.7. The molecule has 0 aliphatic rings. The van der Waals surface area contributed by atoms with Crippen LogP contribution in [0, 0.1) is 6.92 Å². The second-order valence-corrected chi connectivity index (χ2v) is 4.10. The molecule has 102 valence electrons. The Morgan fingerprint density at radius 3 is 2.50 bits per heavy atom. The zero-order valence-corrected chi connectivity index (χ0v) is 10.2. The monoisotopic (exact) mass is 262 g/mol. The van der Waals surface area contributed by atoms with Gasteiger partial charge in [0.05, 0.1) is 6.61 Å². The molecule has 0 atom stereocenters. The molecular weight excluding hydrogens is 245 g/mol. The van der Waals surface area contributed by atoms with Gasteiger partial charge in [-0.15, -0.1) is 0 Å². The van der Waals surface area contributed by atoms with Crippen LogP contribution in [0.5, 0.6) is 0 Å². The number of hydrogen-bond acceptors (Lipinski definition) is 3. The second kappa shape index (κ2) is 6.06. The van der Waals surface area contributed by atoms with Crippen molar-refractivity contribution in [1.29, 1.82) is 0 Å². The number of halogens is 3. The first-order valence-corrected chi connectivity index (χ1v) is 5.59. The number of aliphatic hydroxyl groups excluding tert-OH is 1. The van der Waals surface area contributed by atoms with Crippen LogP contribution in [0.15, 0.2) is 18.2 Å². The maximum atomic E-state index is 12.5. The minimum absolute atomic E-state index is 0.0734. The summed E-state index contributed by atoms with van der Waals surface area (Å²) in [6.07, 6.45) is -4.31. The Balaban J connectivity index is 3.07. The van der Waals surface area contributed by atoms with E-state index < -0.39 is 12.7 Å². The Morgan fingerprint density at radius 1 is 1.33 bits per heavy atom. The maximum absolute atomic E-state index is 12.5. The average Bonchev–Trinajstić information content (AvgIpc) is 2.26. The van der Waals surface area contributed by atoms with Crippen molar-refractivity contribution >= 4 is 5.69 Å². The summed E-state index contributed by atoms with van der Waals surface area (Å²) in [5.74, 6) is 0. The third-order valence-corrected chi connectivity index (χ3v) is 2.54. The number of aryl methyl sites for hydroxylation is 1. The second-order valence-electron chi connectivity index (χ2n) is 4.10. The van der Waals surface area contributed by atoms with E-state index in [0.29, 0.717) is 11.3 Å². The average molecular weight is 262 g/mol. The van der Waals surface area contributed by atoms with Crippen molar-refractivity contribution in [3.8, 4) is 0 Å². The lowest BCUT2D eigenvalue weighted by atomic mass is 10.1. The van der Waals surface area contributed by atoms with Crippen LogP contribution in [-0.4, -0.2) is 31.0 Å². The molecular formula is C12H17F3N2O. The predicted molar refractivity (Wildman–Crippen MR) is 64.4 cm³/mol. The molecule has 18 heavy (non-hydrogen) atoms. The van der Waals surface area contributed by atoms with Crippen molar-refractivity contribution in [3.63, 3.8) is 0 Å². The molecule has 0 radical (unpaired) electrons. The summed E-state index contributed by atoms with van der Waals surface area (Å²) in [6, 6.07) is 5.17. The van der Waals surface area contributed by atoms with Gasteiger partial charge >= 0.3 is 6.18 Å². The molecule has 6 heteroatoms. The van der Waals surface area contributed by atoms with Crippen LogP contribution < -0.4 is 10.6 Å². The van der Waals surface area contributed by atoms with Gasteiger partial charge in [-0.25, -0.2) is 0 Å². The molecule has 0 heterocycles. The SMILES string of the molecule is Cc1ccc(CN)c(N(CCO)CC(F)(F)F)c1. The molecule has 0 saturated heterocycles. The van der Waals surface area contributed by atoms with Gasteiger partial charge in [0, 0.05) is 18.8 Å². The highest BCUT2D eigenvalue weighted by Gasteiger charge is 2.31. The predicted octanol–water partition coefficient (Wildman–Crippen LogP) is 1.81. The van der Waals surface area contributed by atoms with Gasteiger partial charge < -0.3 is 15.7 Å². The minimum atomic E-state index is -4.31. The van der Waals surface area contributed by atoms with E-state index in [4.69, 9.17) is 10.8 Å². The van der Waals surface area contributed by atoms with E-state index >= 15 is 0 Å². The number of rotatable bonds is 5. The molecule has 1 aromatic carbocycles. The Labute approximate surface area is 104 Å². The van der Waals surface area contributed by atoms with Gasteiger partial charge in [0.2, 0.25) is 0 Å². The number of aliphatic hydroxyl groups is 1. The van der Waals surface area contributed by atoms with Crippen LogP contribution in [0.3, 0.4) is 0 Å². The van der Waals surface area contributed by atoms with E-state index in [1.54, 1.807) is 25.1 Å². The summed E-state index contributed by atoms with van der Waals surface area (Å²) in [6.45, 7) is 0.456. The molecule has 1 rings (SSSR count). The molecule has 0 spiro atoms. The molecule has 0 aliphatic carbocycles. The minimum Gasteiger partial charge on any atom is -0.395 e. The summed E-state index contributed by atoms with van der Waals surface area (Å²) in [7, 11) is 0. The first-order valence-electron chi connectivity index (χ1n) is 5.59. The van der Waals surface area contributed by atoms with Crippen molar-refractivity contribution in [3.05, 3.63) is 29.3 Å². The van der Waals surface area contributed by atoms with E-state index in [1.807, 2.05) is 0 Å².